The van der Waals surface area contributed by atoms with E-state index in [1.165, 1.54) is 27.7 Å². The van der Waals surface area contributed by atoms with Gasteiger partial charge in [-0.1, -0.05) is 0 Å². The van der Waals surface area contributed by atoms with E-state index >= 15 is 0 Å². The zero-order valence-electron chi connectivity index (χ0n) is 15.5. The lowest BCUT2D eigenvalue weighted by molar-refractivity contribution is -0.356. The maximum Gasteiger partial charge on any atom is 0.438 e. The van der Waals surface area contributed by atoms with E-state index in [-0.39, 0.29) is 11.1 Å². The molecule has 0 radical (unpaired) electrons. The summed E-state index contributed by atoms with van der Waals surface area (Å²) in [6.07, 6.45) is -12.7. The fourth-order valence-corrected chi connectivity index (χ4v) is 3.64. The number of ether oxygens (including phenoxy) is 1. The van der Waals surface area contributed by atoms with E-state index in [4.69, 9.17) is 4.55 Å². The van der Waals surface area contributed by atoms with Crippen LogP contribution < -0.4 is 0 Å². The van der Waals surface area contributed by atoms with Gasteiger partial charge in [-0.25, -0.2) is 4.79 Å². The molecule has 1 aromatic carbocycles. The molecule has 0 bridgehead atoms. The van der Waals surface area contributed by atoms with E-state index < -0.39 is 45.4 Å². The summed E-state index contributed by atoms with van der Waals surface area (Å²) < 4.78 is 114. The molecule has 0 saturated heterocycles. The van der Waals surface area contributed by atoms with Gasteiger partial charge in [-0.05, 0) is 62.4 Å². The number of hydrogen-bond acceptors (Lipinski definition) is 4. The Morgan fingerprint density at radius 3 is 1.43 bits per heavy atom. The van der Waals surface area contributed by atoms with Crippen molar-refractivity contribution in [2.24, 2.45) is 0 Å². The highest BCUT2D eigenvalue weighted by Crippen LogP contribution is 2.47. The van der Waals surface area contributed by atoms with Gasteiger partial charge in [0, 0.05) is 0 Å². The highest BCUT2D eigenvalue weighted by atomic mass is 32.2. The summed E-state index contributed by atoms with van der Waals surface area (Å²) >= 11 is 0. The van der Waals surface area contributed by atoms with E-state index in [2.05, 4.69) is 4.74 Å². The van der Waals surface area contributed by atoms with Crippen LogP contribution in [0.1, 0.15) is 38.2 Å². The van der Waals surface area contributed by atoms with Crippen LogP contribution in [-0.4, -0.2) is 42.6 Å². The largest absolute Gasteiger partial charge is 0.438 e. The number of esters is 1. The predicted molar refractivity (Wildman–Crippen MR) is 86.8 cm³/mol. The van der Waals surface area contributed by atoms with Crippen LogP contribution in [0.25, 0.3) is 0 Å². The summed E-state index contributed by atoms with van der Waals surface area (Å²) in [6, 6.07) is 0. The number of carbonyl (C=O) groups is 1. The van der Waals surface area contributed by atoms with Gasteiger partial charge in [0.2, 0.25) is 0 Å². The summed E-state index contributed by atoms with van der Waals surface area (Å²) in [5.74, 6) is -4.92. The normalized spacial score (nSPS) is 13.6. The van der Waals surface area contributed by atoms with Crippen molar-refractivity contribution in [2.75, 3.05) is 5.75 Å². The molecule has 0 heterocycles. The lowest BCUT2D eigenvalue weighted by Crippen LogP contribution is -2.63. The van der Waals surface area contributed by atoms with Gasteiger partial charge in [0.25, 0.3) is 10.1 Å². The highest BCUT2D eigenvalue weighted by molar-refractivity contribution is 7.85. The Labute approximate surface area is 157 Å². The number of halogens is 6. The summed E-state index contributed by atoms with van der Waals surface area (Å²) in [6.45, 7) is 7.33. The minimum atomic E-state index is -6.37. The van der Waals surface area contributed by atoms with E-state index in [1.54, 1.807) is 6.92 Å². The first-order valence-corrected chi connectivity index (χ1v) is 9.26. The van der Waals surface area contributed by atoms with Crippen molar-refractivity contribution < 1.29 is 48.8 Å². The molecule has 12 heteroatoms. The first-order valence-electron chi connectivity index (χ1n) is 7.65. The maximum absolute atomic E-state index is 13.3. The Hall–Kier alpha value is -1.82. The molecule has 0 spiro atoms. The molecule has 1 aromatic rings. The van der Waals surface area contributed by atoms with Gasteiger partial charge in [0.15, 0.2) is 0 Å². The van der Waals surface area contributed by atoms with Crippen LogP contribution in [0.15, 0.2) is 0 Å². The molecule has 1 N–H and O–H groups in total. The van der Waals surface area contributed by atoms with Crippen LogP contribution in [-0.2, 0) is 14.9 Å². The molecule has 28 heavy (non-hydrogen) atoms. The fourth-order valence-electron chi connectivity index (χ4n) is 2.74. The van der Waals surface area contributed by atoms with Gasteiger partial charge in [0.05, 0.1) is 5.56 Å². The SMILES string of the molecule is Cc1c(C)c(C)c(C(=O)OC(CS(=O)(=O)O)(C(F)(F)F)C(F)(F)F)c(C)c1C. The van der Waals surface area contributed by atoms with Crippen molar-refractivity contribution in [3.05, 3.63) is 33.4 Å². The van der Waals surface area contributed by atoms with Crippen molar-refractivity contribution >= 4 is 16.1 Å². The molecular weight excluding hydrogens is 418 g/mol. The van der Waals surface area contributed by atoms with Crippen LogP contribution >= 0.6 is 0 Å². The van der Waals surface area contributed by atoms with Crippen molar-refractivity contribution in [3.63, 3.8) is 0 Å². The molecular formula is C16H18F6O5S. The van der Waals surface area contributed by atoms with Crippen LogP contribution in [0.2, 0.25) is 0 Å². The van der Waals surface area contributed by atoms with Crippen LogP contribution in [0.3, 0.4) is 0 Å². The van der Waals surface area contributed by atoms with E-state index in [0.29, 0.717) is 16.7 Å². The third-order valence-electron chi connectivity index (χ3n) is 4.77. The van der Waals surface area contributed by atoms with Crippen LogP contribution in [0.4, 0.5) is 26.3 Å². The monoisotopic (exact) mass is 436 g/mol. The van der Waals surface area contributed by atoms with Crippen LogP contribution in [0.5, 0.6) is 0 Å². The summed E-state index contributed by atoms with van der Waals surface area (Å²) in [4.78, 5) is 12.4. The van der Waals surface area contributed by atoms with Gasteiger partial charge in [-0.3, -0.25) is 4.55 Å². The molecule has 0 fully saturated rings. The fraction of sp³-hybridized carbons (Fsp3) is 0.562. The number of hydrogen-bond donors (Lipinski definition) is 1. The zero-order chi connectivity index (χ0) is 22.5. The molecule has 0 aromatic heterocycles. The quantitative estimate of drug-likeness (QED) is 0.436. The second-order valence-electron chi connectivity index (χ2n) is 6.44. The second kappa shape index (κ2) is 7.21. The molecule has 1 rings (SSSR count). The topological polar surface area (TPSA) is 80.7 Å². The summed E-state index contributed by atoms with van der Waals surface area (Å²) in [7, 11) is -5.84. The molecule has 0 aliphatic carbocycles. The summed E-state index contributed by atoms with van der Waals surface area (Å²) in [5, 5.41) is 0. The third-order valence-corrected chi connectivity index (χ3v) is 5.54. The Bertz CT molecular complexity index is 857. The minimum absolute atomic E-state index is 0.0932. The zero-order valence-corrected chi connectivity index (χ0v) is 16.3. The number of benzene rings is 1. The molecule has 0 amide bonds. The van der Waals surface area contributed by atoms with Crippen molar-refractivity contribution in [1.29, 1.82) is 0 Å². The molecule has 160 valence electrons. The van der Waals surface area contributed by atoms with Gasteiger partial charge in [0.1, 0.15) is 5.75 Å². The number of alkyl halides is 6. The number of rotatable bonds is 4. The van der Waals surface area contributed by atoms with Crippen LogP contribution in [0, 0.1) is 34.6 Å². The second-order valence-corrected chi connectivity index (χ2v) is 7.89. The smallest absolute Gasteiger partial charge is 0.435 e. The van der Waals surface area contributed by atoms with Gasteiger partial charge in [-0.2, -0.15) is 34.8 Å². The molecule has 0 unspecified atom stereocenters. The molecule has 0 atom stereocenters. The summed E-state index contributed by atoms with van der Waals surface area (Å²) in [5.41, 5.74) is -4.19. The highest BCUT2D eigenvalue weighted by Gasteiger charge is 2.76. The third kappa shape index (κ3) is 4.27. The predicted octanol–water partition coefficient (Wildman–Crippen LogP) is 4.14. The first kappa shape index (κ1) is 24.2. The van der Waals surface area contributed by atoms with Gasteiger partial charge >= 0.3 is 23.9 Å². The Balaban J connectivity index is 3.74. The van der Waals surface area contributed by atoms with Crippen molar-refractivity contribution in [3.8, 4) is 0 Å². The molecule has 0 aliphatic rings. The maximum atomic E-state index is 13.3. The Kier molecular flexibility index (Phi) is 6.24. The molecule has 0 aliphatic heterocycles. The van der Waals surface area contributed by atoms with Gasteiger partial charge < -0.3 is 4.74 Å². The number of carbonyl (C=O) groups excluding carboxylic acids is 1. The average molecular weight is 436 g/mol. The lowest BCUT2D eigenvalue weighted by atomic mass is 9.89. The van der Waals surface area contributed by atoms with Crippen molar-refractivity contribution in [2.45, 2.75) is 52.6 Å². The minimum Gasteiger partial charge on any atom is -0.435 e. The van der Waals surface area contributed by atoms with E-state index in [9.17, 15) is 39.6 Å². The van der Waals surface area contributed by atoms with E-state index in [1.807, 2.05) is 0 Å². The molecule has 5 nitrogen and oxygen atoms in total. The lowest BCUT2D eigenvalue weighted by Gasteiger charge is -2.35. The molecule has 0 saturated carbocycles. The van der Waals surface area contributed by atoms with Crippen molar-refractivity contribution in [1.82, 2.24) is 0 Å². The average Bonchev–Trinajstić information content (AvgIpc) is 2.47. The Morgan fingerprint density at radius 2 is 1.14 bits per heavy atom. The standard InChI is InChI=1S/C16H18F6O5S/c1-7-8(2)10(4)12(11(5)9(7)3)13(23)27-14(15(17,18)19,16(20,21)22)6-28(24,25)26/h6H2,1-5H3,(H,24,25,26). The van der Waals surface area contributed by atoms with Gasteiger partial charge in [-0.15, -0.1) is 0 Å². The first-order chi connectivity index (χ1) is 12.3. The van der Waals surface area contributed by atoms with E-state index in [0.717, 1.165) is 0 Å². The Morgan fingerprint density at radius 1 is 0.821 bits per heavy atom.